The lowest BCUT2D eigenvalue weighted by atomic mass is 10.1. The van der Waals surface area contributed by atoms with Gasteiger partial charge < -0.3 is 15.0 Å². The highest BCUT2D eigenvalue weighted by atomic mass is 35.5. The van der Waals surface area contributed by atoms with Crippen molar-refractivity contribution in [2.24, 2.45) is 0 Å². The number of rotatable bonds is 13. The molecular weight excluding hydrogens is 598 g/mol. The number of aryl methyl sites for hydroxylation is 1. The van der Waals surface area contributed by atoms with E-state index in [4.69, 9.17) is 16.3 Å². The molecule has 0 aromatic heterocycles. The maximum atomic E-state index is 14.2. The van der Waals surface area contributed by atoms with E-state index in [2.05, 4.69) is 5.32 Å². The van der Waals surface area contributed by atoms with Crippen LogP contribution in [0.5, 0.6) is 11.5 Å². The summed E-state index contributed by atoms with van der Waals surface area (Å²) in [5.41, 5.74) is 1.80. The number of halogens is 1. The minimum atomic E-state index is -4.20. The molecule has 1 atom stereocenters. The van der Waals surface area contributed by atoms with Crippen molar-refractivity contribution in [1.82, 2.24) is 10.2 Å². The average Bonchev–Trinajstić information content (AvgIpc) is 3.02. The number of anilines is 1. The maximum absolute atomic E-state index is 14.2. The predicted octanol–water partition coefficient (Wildman–Crippen LogP) is 6.58. The Morgan fingerprint density at radius 3 is 2.07 bits per heavy atom. The lowest BCUT2D eigenvalue weighted by Crippen LogP contribution is -2.52. The van der Waals surface area contributed by atoms with E-state index in [1.165, 1.54) is 17.0 Å². The number of benzene rings is 4. The third-order valence-electron chi connectivity index (χ3n) is 7.03. The number of carbonyl (C=O) groups is 2. The van der Waals surface area contributed by atoms with E-state index in [0.29, 0.717) is 35.1 Å². The Morgan fingerprint density at radius 2 is 1.45 bits per heavy atom. The standard InChI is InChI=1S/C34H36ClN3O5S/c1-4-32(34(40)36-5-2)37(23-26-11-9-10-14-31(26)35)33(39)24-38(44(41,42)30-21-15-25(3)16-22-30)27-17-19-29(20-18-27)43-28-12-7-6-8-13-28/h6-22,32H,4-5,23-24H2,1-3H3,(H,36,40). The van der Waals surface area contributed by atoms with Crippen LogP contribution in [0.3, 0.4) is 0 Å². The fourth-order valence-corrected chi connectivity index (χ4v) is 6.30. The van der Waals surface area contributed by atoms with Crippen LogP contribution in [0.2, 0.25) is 5.02 Å². The molecule has 10 heteroatoms. The highest BCUT2D eigenvalue weighted by molar-refractivity contribution is 7.92. The summed E-state index contributed by atoms with van der Waals surface area (Å²) in [6.45, 7) is 5.33. The van der Waals surface area contributed by atoms with E-state index in [0.717, 1.165) is 9.87 Å². The molecule has 0 bridgehead atoms. The molecule has 4 rings (SSSR count). The van der Waals surface area contributed by atoms with Gasteiger partial charge in [0.15, 0.2) is 0 Å². The number of carbonyl (C=O) groups excluding carboxylic acids is 2. The SMILES string of the molecule is CCNC(=O)C(CC)N(Cc1ccccc1Cl)C(=O)CN(c1ccc(Oc2ccccc2)cc1)S(=O)(=O)c1ccc(C)cc1. The summed E-state index contributed by atoms with van der Waals surface area (Å²) in [5.74, 6) is 0.251. The molecule has 0 aliphatic carbocycles. The number of likely N-dealkylation sites (N-methyl/N-ethyl adjacent to an activating group) is 1. The molecule has 0 saturated carbocycles. The van der Waals surface area contributed by atoms with Crippen LogP contribution in [0.15, 0.2) is 108 Å². The van der Waals surface area contributed by atoms with Crippen LogP contribution in [-0.2, 0) is 26.2 Å². The Morgan fingerprint density at radius 1 is 0.841 bits per heavy atom. The van der Waals surface area contributed by atoms with Crippen molar-refractivity contribution in [2.45, 2.75) is 44.7 Å². The minimum Gasteiger partial charge on any atom is -0.457 e. The quantitative estimate of drug-likeness (QED) is 0.179. The number of sulfonamides is 1. The summed E-state index contributed by atoms with van der Waals surface area (Å²) in [4.78, 5) is 28.7. The van der Waals surface area contributed by atoms with Crippen LogP contribution in [0.1, 0.15) is 31.4 Å². The molecule has 4 aromatic carbocycles. The summed E-state index contributed by atoms with van der Waals surface area (Å²) in [6.07, 6.45) is 0.318. The summed E-state index contributed by atoms with van der Waals surface area (Å²) in [6, 6.07) is 28.3. The van der Waals surface area contributed by atoms with Crippen LogP contribution in [0.25, 0.3) is 0 Å². The molecule has 0 saturated heterocycles. The number of hydrogen-bond acceptors (Lipinski definition) is 5. The molecule has 44 heavy (non-hydrogen) atoms. The monoisotopic (exact) mass is 633 g/mol. The number of hydrogen-bond donors (Lipinski definition) is 1. The van der Waals surface area contributed by atoms with E-state index < -0.39 is 28.5 Å². The van der Waals surface area contributed by atoms with Crippen molar-refractivity contribution >= 4 is 39.1 Å². The van der Waals surface area contributed by atoms with Crippen LogP contribution >= 0.6 is 11.6 Å². The second kappa shape index (κ2) is 14.9. The normalized spacial score (nSPS) is 11.8. The van der Waals surface area contributed by atoms with Crippen molar-refractivity contribution < 1.29 is 22.7 Å². The lowest BCUT2D eigenvalue weighted by Gasteiger charge is -2.33. The van der Waals surface area contributed by atoms with E-state index in [1.54, 1.807) is 74.5 Å². The zero-order chi connectivity index (χ0) is 31.7. The fraction of sp³-hybridized carbons (Fsp3) is 0.235. The van der Waals surface area contributed by atoms with Crippen molar-refractivity contribution in [3.63, 3.8) is 0 Å². The molecule has 0 heterocycles. The zero-order valence-electron chi connectivity index (χ0n) is 24.9. The van der Waals surface area contributed by atoms with Crippen molar-refractivity contribution in [1.29, 1.82) is 0 Å². The molecular formula is C34H36ClN3O5S. The lowest BCUT2D eigenvalue weighted by molar-refractivity contribution is -0.140. The second-order valence-corrected chi connectivity index (χ2v) is 12.4. The number of para-hydroxylation sites is 1. The molecule has 0 fully saturated rings. The van der Waals surface area contributed by atoms with E-state index in [9.17, 15) is 18.0 Å². The Labute approximate surface area is 264 Å². The number of ether oxygens (including phenoxy) is 1. The Balaban J connectivity index is 1.73. The van der Waals surface area contributed by atoms with Crippen LogP contribution in [0.4, 0.5) is 5.69 Å². The first kappa shape index (κ1) is 32.6. The highest BCUT2D eigenvalue weighted by Gasteiger charge is 2.33. The number of amides is 2. The third kappa shape index (κ3) is 7.98. The molecule has 1 unspecified atom stereocenters. The zero-order valence-corrected chi connectivity index (χ0v) is 26.5. The molecule has 0 spiro atoms. The third-order valence-corrected chi connectivity index (χ3v) is 9.18. The summed E-state index contributed by atoms with van der Waals surface area (Å²) >= 11 is 6.44. The van der Waals surface area contributed by atoms with E-state index >= 15 is 0 Å². The van der Waals surface area contributed by atoms with Gasteiger partial charge in [-0.05, 0) is 80.4 Å². The summed E-state index contributed by atoms with van der Waals surface area (Å²) < 4.78 is 35.1. The highest BCUT2D eigenvalue weighted by Crippen LogP contribution is 2.29. The topological polar surface area (TPSA) is 96.0 Å². The van der Waals surface area contributed by atoms with Gasteiger partial charge in [-0.2, -0.15) is 0 Å². The average molecular weight is 634 g/mol. The van der Waals surface area contributed by atoms with Gasteiger partial charge in [-0.1, -0.05) is 72.6 Å². The first-order valence-electron chi connectivity index (χ1n) is 14.4. The van der Waals surface area contributed by atoms with E-state index in [1.807, 2.05) is 37.3 Å². The number of nitrogens with one attached hydrogen (secondary N) is 1. The largest absolute Gasteiger partial charge is 0.457 e. The Kier molecular flexibility index (Phi) is 11.0. The molecule has 0 radical (unpaired) electrons. The number of nitrogens with zero attached hydrogens (tertiary/aromatic N) is 2. The molecule has 4 aromatic rings. The van der Waals surface area contributed by atoms with Crippen LogP contribution in [-0.4, -0.2) is 44.3 Å². The Bertz CT molecular complexity index is 1660. The molecule has 0 aliphatic rings. The maximum Gasteiger partial charge on any atom is 0.264 e. The molecule has 2 amide bonds. The van der Waals surface area contributed by atoms with Gasteiger partial charge in [0.1, 0.15) is 24.1 Å². The molecule has 8 nitrogen and oxygen atoms in total. The van der Waals surface area contributed by atoms with Crippen molar-refractivity contribution in [2.75, 3.05) is 17.4 Å². The van der Waals surface area contributed by atoms with Crippen LogP contribution in [0, 0.1) is 6.92 Å². The molecule has 0 aliphatic heterocycles. The summed E-state index contributed by atoms with van der Waals surface area (Å²) in [7, 11) is -4.20. The minimum absolute atomic E-state index is 0.0242. The van der Waals surface area contributed by atoms with Gasteiger partial charge in [0.25, 0.3) is 10.0 Å². The van der Waals surface area contributed by atoms with Gasteiger partial charge in [0, 0.05) is 18.1 Å². The first-order chi connectivity index (χ1) is 21.1. The van der Waals surface area contributed by atoms with Crippen molar-refractivity contribution in [3.05, 3.63) is 119 Å². The fourth-order valence-electron chi connectivity index (χ4n) is 4.69. The predicted molar refractivity (Wildman–Crippen MR) is 173 cm³/mol. The molecule has 230 valence electrons. The van der Waals surface area contributed by atoms with Gasteiger partial charge in [-0.3, -0.25) is 13.9 Å². The second-order valence-electron chi connectivity index (χ2n) is 10.2. The van der Waals surface area contributed by atoms with Gasteiger partial charge >= 0.3 is 0 Å². The van der Waals surface area contributed by atoms with Gasteiger partial charge in [0.05, 0.1) is 10.6 Å². The van der Waals surface area contributed by atoms with E-state index in [-0.39, 0.29) is 23.0 Å². The molecule has 1 N–H and O–H groups in total. The van der Waals surface area contributed by atoms with Gasteiger partial charge in [-0.25, -0.2) is 8.42 Å². The summed E-state index contributed by atoms with van der Waals surface area (Å²) in [5, 5.41) is 3.23. The van der Waals surface area contributed by atoms with Gasteiger partial charge in [0.2, 0.25) is 11.8 Å². The Hall–Kier alpha value is -4.34. The van der Waals surface area contributed by atoms with Crippen LogP contribution < -0.4 is 14.4 Å². The smallest absolute Gasteiger partial charge is 0.264 e. The first-order valence-corrected chi connectivity index (χ1v) is 16.2. The van der Waals surface area contributed by atoms with Crippen molar-refractivity contribution in [3.8, 4) is 11.5 Å². The van der Waals surface area contributed by atoms with Gasteiger partial charge in [-0.15, -0.1) is 0 Å².